The number of carbonyl (C=O) groups is 1. The molecule has 2 aliphatic rings. The molecule has 2 aliphatic carbocycles. The first kappa shape index (κ1) is 15.6. The molecule has 0 bridgehead atoms. The van der Waals surface area contributed by atoms with Crippen LogP contribution in [0.4, 0.5) is 4.79 Å². The van der Waals surface area contributed by atoms with E-state index in [1.165, 1.54) is 0 Å². The molecule has 3 N–H and O–H groups in total. The van der Waals surface area contributed by atoms with Crippen LogP contribution < -0.4 is 10.6 Å². The van der Waals surface area contributed by atoms with Gasteiger partial charge in [-0.25, -0.2) is 4.79 Å². The minimum Gasteiger partial charge on any atom is -0.394 e. The maximum Gasteiger partial charge on any atom is 0.315 e. The van der Waals surface area contributed by atoms with Crippen molar-refractivity contribution in [1.29, 1.82) is 0 Å². The van der Waals surface area contributed by atoms with Crippen molar-refractivity contribution in [2.45, 2.75) is 64.1 Å². The summed E-state index contributed by atoms with van der Waals surface area (Å²) in [4.78, 5) is 12.2. The van der Waals surface area contributed by atoms with Crippen LogP contribution in [0.25, 0.3) is 0 Å². The van der Waals surface area contributed by atoms with E-state index in [4.69, 9.17) is 4.74 Å². The van der Waals surface area contributed by atoms with E-state index in [9.17, 15) is 9.90 Å². The maximum absolute atomic E-state index is 12.2. The van der Waals surface area contributed by atoms with Gasteiger partial charge in [0.2, 0.25) is 0 Å². The number of rotatable bonds is 5. The summed E-state index contributed by atoms with van der Waals surface area (Å²) < 4.78 is 5.56. The molecule has 0 aliphatic heterocycles. The van der Waals surface area contributed by atoms with Gasteiger partial charge in [0.05, 0.1) is 17.7 Å². The molecular formula is C15H28N2O3. The summed E-state index contributed by atoms with van der Waals surface area (Å²) in [7, 11) is 1.72. The Kier molecular flexibility index (Phi) is 3.80. The maximum atomic E-state index is 12.2. The Balaban J connectivity index is 1.90. The molecule has 3 atom stereocenters. The molecule has 5 heteroatoms. The molecule has 0 aromatic heterocycles. The normalized spacial score (nSPS) is 34.8. The van der Waals surface area contributed by atoms with Gasteiger partial charge in [0.1, 0.15) is 0 Å². The van der Waals surface area contributed by atoms with Gasteiger partial charge in [-0.1, -0.05) is 13.8 Å². The molecule has 5 nitrogen and oxygen atoms in total. The fourth-order valence-electron chi connectivity index (χ4n) is 3.17. The molecule has 2 fully saturated rings. The van der Waals surface area contributed by atoms with E-state index in [1.807, 2.05) is 6.92 Å². The zero-order valence-electron chi connectivity index (χ0n) is 13.2. The van der Waals surface area contributed by atoms with Crippen LogP contribution in [0.15, 0.2) is 0 Å². The summed E-state index contributed by atoms with van der Waals surface area (Å²) in [6.07, 6.45) is 2.96. The van der Waals surface area contributed by atoms with Gasteiger partial charge in [-0.2, -0.15) is 0 Å². The fraction of sp³-hybridized carbons (Fsp3) is 0.933. The number of aliphatic hydroxyl groups excluding tert-OH is 1. The topological polar surface area (TPSA) is 70.6 Å². The molecule has 116 valence electrons. The number of urea groups is 1. The van der Waals surface area contributed by atoms with Crippen molar-refractivity contribution >= 4 is 6.03 Å². The van der Waals surface area contributed by atoms with Crippen molar-refractivity contribution in [1.82, 2.24) is 10.6 Å². The second-order valence-electron chi connectivity index (χ2n) is 7.36. The third-order valence-corrected chi connectivity index (χ3v) is 5.79. The van der Waals surface area contributed by atoms with Gasteiger partial charge in [0.25, 0.3) is 0 Å². The SMILES string of the molecule is COC1(C)CC(NC(=O)NC(C)(CO)C2CC2)C1(C)C. The number of ether oxygens (including phenoxy) is 1. The van der Waals surface area contributed by atoms with Crippen LogP contribution in [0.5, 0.6) is 0 Å². The first-order chi connectivity index (χ1) is 9.18. The number of aliphatic hydroxyl groups is 1. The highest BCUT2D eigenvalue weighted by Gasteiger charge is 2.58. The van der Waals surface area contributed by atoms with Crippen molar-refractivity contribution in [2.24, 2.45) is 11.3 Å². The Morgan fingerprint density at radius 2 is 2.00 bits per heavy atom. The van der Waals surface area contributed by atoms with Crippen molar-refractivity contribution in [3.05, 3.63) is 0 Å². The van der Waals surface area contributed by atoms with Gasteiger partial charge in [0.15, 0.2) is 0 Å². The van der Waals surface area contributed by atoms with Crippen LogP contribution in [0.1, 0.15) is 47.0 Å². The molecular weight excluding hydrogens is 256 g/mol. The lowest BCUT2D eigenvalue weighted by Gasteiger charge is -2.59. The summed E-state index contributed by atoms with van der Waals surface area (Å²) in [5.41, 5.74) is -0.793. The number of hydrogen-bond acceptors (Lipinski definition) is 3. The van der Waals surface area contributed by atoms with Crippen LogP contribution in [0, 0.1) is 11.3 Å². The molecule has 0 aromatic carbocycles. The lowest BCUT2D eigenvalue weighted by molar-refractivity contribution is -0.177. The van der Waals surface area contributed by atoms with E-state index in [1.54, 1.807) is 7.11 Å². The smallest absolute Gasteiger partial charge is 0.315 e. The second-order valence-corrected chi connectivity index (χ2v) is 7.36. The number of hydrogen-bond donors (Lipinski definition) is 3. The third-order valence-electron chi connectivity index (χ3n) is 5.79. The average Bonchev–Trinajstić information content (AvgIpc) is 3.22. The van der Waals surface area contributed by atoms with Gasteiger partial charge < -0.3 is 20.5 Å². The van der Waals surface area contributed by atoms with E-state index >= 15 is 0 Å². The summed E-state index contributed by atoms with van der Waals surface area (Å²) >= 11 is 0. The summed E-state index contributed by atoms with van der Waals surface area (Å²) in [6, 6.07) is -0.0979. The van der Waals surface area contributed by atoms with E-state index in [-0.39, 0.29) is 29.7 Å². The zero-order chi connectivity index (χ0) is 15.2. The number of nitrogens with one attached hydrogen (secondary N) is 2. The Bertz CT molecular complexity index is 395. The van der Waals surface area contributed by atoms with E-state index in [0.717, 1.165) is 19.3 Å². The Labute approximate surface area is 121 Å². The predicted octanol–water partition coefficient (Wildman–Crippen LogP) is 1.65. The van der Waals surface area contributed by atoms with Crippen molar-refractivity contribution < 1.29 is 14.6 Å². The lowest BCUT2D eigenvalue weighted by Crippen LogP contribution is -2.70. The molecule has 20 heavy (non-hydrogen) atoms. The molecule has 2 saturated carbocycles. The second kappa shape index (κ2) is 4.88. The molecule has 0 spiro atoms. The molecule has 0 aromatic rings. The zero-order valence-corrected chi connectivity index (χ0v) is 13.2. The molecule has 0 heterocycles. The van der Waals surface area contributed by atoms with Gasteiger partial charge in [-0.05, 0) is 39.0 Å². The van der Waals surface area contributed by atoms with E-state index in [0.29, 0.717) is 5.92 Å². The number of amides is 2. The third kappa shape index (κ3) is 2.42. The van der Waals surface area contributed by atoms with Crippen molar-refractivity contribution in [3.63, 3.8) is 0 Å². The number of methoxy groups -OCH3 is 1. The summed E-state index contributed by atoms with van der Waals surface area (Å²) in [5.74, 6) is 0.400. The largest absolute Gasteiger partial charge is 0.394 e. The first-order valence-electron chi connectivity index (χ1n) is 7.43. The van der Waals surface area contributed by atoms with Crippen molar-refractivity contribution in [3.8, 4) is 0 Å². The Morgan fingerprint density at radius 1 is 1.40 bits per heavy atom. The van der Waals surface area contributed by atoms with Gasteiger partial charge >= 0.3 is 6.03 Å². The minimum atomic E-state index is -0.497. The molecule has 3 unspecified atom stereocenters. The van der Waals surface area contributed by atoms with E-state index in [2.05, 4.69) is 31.4 Å². The minimum absolute atomic E-state index is 0.0189. The van der Waals surface area contributed by atoms with E-state index < -0.39 is 5.54 Å². The van der Waals surface area contributed by atoms with Gasteiger partial charge in [-0.3, -0.25) is 0 Å². The highest BCUT2D eigenvalue weighted by Crippen LogP contribution is 2.51. The van der Waals surface area contributed by atoms with Crippen LogP contribution >= 0.6 is 0 Å². The monoisotopic (exact) mass is 284 g/mol. The standard InChI is InChI=1S/C15H28N2O3/c1-13(2)11(8-15(13,4)20-5)16-12(19)17-14(3,9-18)10-6-7-10/h10-11,18H,6-9H2,1-5H3,(H2,16,17,19). The fourth-order valence-corrected chi connectivity index (χ4v) is 3.17. The Hall–Kier alpha value is -0.810. The first-order valence-corrected chi connectivity index (χ1v) is 7.43. The summed E-state index contributed by atoms with van der Waals surface area (Å²) in [6.45, 7) is 8.18. The highest BCUT2D eigenvalue weighted by atomic mass is 16.5. The number of carbonyl (C=O) groups excluding carboxylic acids is 1. The Morgan fingerprint density at radius 3 is 2.40 bits per heavy atom. The van der Waals surface area contributed by atoms with Crippen LogP contribution in [0.3, 0.4) is 0 Å². The van der Waals surface area contributed by atoms with Crippen LogP contribution in [-0.2, 0) is 4.74 Å². The lowest BCUT2D eigenvalue weighted by atomic mass is 9.56. The van der Waals surface area contributed by atoms with Crippen LogP contribution in [-0.4, -0.2) is 42.0 Å². The molecule has 2 amide bonds. The quantitative estimate of drug-likeness (QED) is 0.719. The van der Waals surface area contributed by atoms with Gasteiger partial charge in [-0.15, -0.1) is 0 Å². The molecule has 0 radical (unpaired) electrons. The molecule has 2 rings (SSSR count). The van der Waals surface area contributed by atoms with Crippen LogP contribution in [0.2, 0.25) is 0 Å². The van der Waals surface area contributed by atoms with Gasteiger partial charge in [0, 0.05) is 18.6 Å². The molecule has 0 saturated heterocycles. The summed E-state index contributed by atoms with van der Waals surface area (Å²) in [5, 5.41) is 15.5. The highest BCUT2D eigenvalue weighted by molar-refractivity contribution is 5.75. The van der Waals surface area contributed by atoms with Crippen molar-refractivity contribution in [2.75, 3.05) is 13.7 Å². The average molecular weight is 284 g/mol. The predicted molar refractivity (Wildman–Crippen MR) is 77.5 cm³/mol.